The largest absolute Gasteiger partial charge is 0.493 e. The predicted octanol–water partition coefficient (Wildman–Crippen LogP) is 6.02. The Balaban J connectivity index is 1.32. The van der Waals surface area contributed by atoms with Crippen LogP contribution in [0.15, 0.2) is 107 Å². The van der Waals surface area contributed by atoms with E-state index >= 15 is 0 Å². The van der Waals surface area contributed by atoms with Gasteiger partial charge in [0.15, 0.2) is 11.5 Å². The first kappa shape index (κ1) is 25.7. The maximum Gasteiger partial charge on any atom is 0.343 e. The van der Waals surface area contributed by atoms with Crippen molar-refractivity contribution in [1.82, 2.24) is 5.43 Å². The lowest BCUT2D eigenvalue weighted by molar-refractivity contribution is 0.0729. The summed E-state index contributed by atoms with van der Waals surface area (Å²) < 4.78 is 17.3. The van der Waals surface area contributed by atoms with E-state index in [4.69, 9.17) is 14.2 Å². The molecule has 0 aromatic heterocycles. The highest BCUT2D eigenvalue weighted by atomic mass is 79.9. The minimum absolute atomic E-state index is 0.267. The molecule has 0 aliphatic carbocycles. The van der Waals surface area contributed by atoms with Crippen LogP contribution in [0.2, 0.25) is 0 Å². The molecule has 8 heteroatoms. The summed E-state index contributed by atoms with van der Waals surface area (Å²) in [6, 6.07) is 28.5. The number of nitrogens with zero attached hydrogens (tertiary/aromatic N) is 1. The van der Waals surface area contributed by atoms with Crippen LogP contribution in [-0.2, 0) is 6.61 Å². The molecule has 1 amide bonds. The maximum atomic E-state index is 12.4. The van der Waals surface area contributed by atoms with Gasteiger partial charge >= 0.3 is 5.97 Å². The van der Waals surface area contributed by atoms with E-state index in [0.717, 1.165) is 10.0 Å². The van der Waals surface area contributed by atoms with E-state index in [-0.39, 0.29) is 11.7 Å². The van der Waals surface area contributed by atoms with Gasteiger partial charge in [0, 0.05) is 10.0 Å². The molecule has 4 rings (SSSR count). The number of hydrazone groups is 1. The summed E-state index contributed by atoms with van der Waals surface area (Å²) in [4.78, 5) is 24.9. The smallest absolute Gasteiger partial charge is 0.343 e. The summed E-state index contributed by atoms with van der Waals surface area (Å²) in [6.07, 6.45) is 1.47. The summed E-state index contributed by atoms with van der Waals surface area (Å²) in [5, 5.41) is 4.02. The number of esters is 1. The molecule has 1 N–H and O–H groups in total. The van der Waals surface area contributed by atoms with Crippen molar-refractivity contribution in [3.63, 3.8) is 0 Å². The fraction of sp³-hybridized carbons (Fsp3) is 0.0690. The summed E-state index contributed by atoms with van der Waals surface area (Å²) >= 11 is 3.34. The van der Waals surface area contributed by atoms with Gasteiger partial charge in [-0.15, -0.1) is 0 Å². The van der Waals surface area contributed by atoms with Crippen LogP contribution < -0.4 is 19.6 Å². The van der Waals surface area contributed by atoms with Crippen LogP contribution in [0.4, 0.5) is 0 Å². The van der Waals surface area contributed by atoms with Crippen LogP contribution in [0.3, 0.4) is 0 Å². The molecule has 0 aliphatic rings. The number of carbonyl (C=O) groups excluding carboxylic acids is 2. The van der Waals surface area contributed by atoms with Gasteiger partial charge in [0.25, 0.3) is 5.91 Å². The first-order chi connectivity index (χ1) is 18.0. The highest BCUT2D eigenvalue weighted by Gasteiger charge is 2.13. The Kier molecular flexibility index (Phi) is 8.67. The van der Waals surface area contributed by atoms with Gasteiger partial charge in [-0.2, -0.15) is 5.10 Å². The van der Waals surface area contributed by atoms with Crippen molar-refractivity contribution in [2.24, 2.45) is 5.10 Å². The quantitative estimate of drug-likeness (QED) is 0.117. The van der Waals surface area contributed by atoms with E-state index in [1.165, 1.54) is 13.3 Å². The number of methoxy groups -OCH3 is 1. The Morgan fingerprint density at radius 1 is 0.865 bits per heavy atom. The first-order valence-corrected chi connectivity index (χ1v) is 12.1. The molecule has 0 radical (unpaired) electrons. The van der Waals surface area contributed by atoms with Crippen LogP contribution in [0, 0.1) is 0 Å². The second kappa shape index (κ2) is 12.5. The number of halogens is 1. The van der Waals surface area contributed by atoms with Gasteiger partial charge in [-0.05, 0) is 71.8 Å². The molecule has 0 heterocycles. The molecular weight excluding hydrogens is 536 g/mol. The Hall–Kier alpha value is -4.43. The molecule has 0 atom stereocenters. The second-order valence-electron chi connectivity index (χ2n) is 7.81. The Labute approximate surface area is 222 Å². The average molecular weight is 559 g/mol. The van der Waals surface area contributed by atoms with Crippen molar-refractivity contribution in [2.45, 2.75) is 6.61 Å². The van der Waals surface area contributed by atoms with E-state index in [0.29, 0.717) is 34.8 Å². The fourth-order valence-corrected chi connectivity index (χ4v) is 3.70. The van der Waals surface area contributed by atoms with Crippen LogP contribution in [0.25, 0.3) is 0 Å². The lowest BCUT2D eigenvalue weighted by atomic mass is 10.2. The van der Waals surface area contributed by atoms with Crippen molar-refractivity contribution in [3.8, 4) is 17.2 Å². The zero-order valence-electron chi connectivity index (χ0n) is 19.9. The van der Waals surface area contributed by atoms with Gasteiger partial charge in [-0.3, -0.25) is 4.79 Å². The molecule has 7 nitrogen and oxygen atoms in total. The normalized spacial score (nSPS) is 10.6. The van der Waals surface area contributed by atoms with Crippen LogP contribution in [0.1, 0.15) is 31.8 Å². The number of rotatable bonds is 9. The van der Waals surface area contributed by atoms with Crippen LogP contribution in [0.5, 0.6) is 17.2 Å². The van der Waals surface area contributed by atoms with Crippen molar-refractivity contribution < 1.29 is 23.8 Å². The van der Waals surface area contributed by atoms with Gasteiger partial charge in [-0.1, -0.05) is 52.3 Å². The van der Waals surface area contributed by atoms with Gasteiger partial charge < -0.3 is 14.2 Å². The molecule has 37 heavy (non-hydrogen) atoms. The van der Waals surface area contributed by atoms with Crippen LogP contribution >= 0.6 is 15.9 Å². The number of hydrogen-bond acceptors (Lipinski definition) is 6. The molecule has 0 bridgehead atoms. The highest BCUT2D eigenvalue weighted by Crippen LogP contribution is 2.28. The summed E-state index contributed by atoms with van der Waals surface area (Å²) in [6.45, 7) is 0.447. The van der Waals surface area contributed by atoms with E-state index < -0.39 is 5.97 Å². The number of nitrogens with one attached hydrogen (secondary N) is 1. The van der Waals surface area contributed by atoms with Crippen molar-refractivity contribution in [1.29, 1.82) is 0 Å². The Bertz CT molecular complexity index is 1410. The van der Waals surface area contributed by atoms with Gasteiger partial charge in [0.2, 0.25) is 0 Å². The number of ether oxygens (including phenoxy) is 3. The predicted molar refractivity (Wildman–Crippen MR) is 144 cm³/mol. The first-order valence-electron chi connectivity index (χ1n) is 11.3. The zero-order valence-corrected chi connectivity index (χ0v) is 21.5. The topological polar surface area (TPSA) is 86.2 Å². The molecule has 4 aromatic rings. The van der Waals surface area contributed by atoms with Crippen molar-refractivity contribution in [3.05, 3.63) is 124 Å². The molecule has 0 unspecified atom stereocenters. The standard InChI is InChI=1S/C29H23BrN2O5/c1-35-27-16-21(10-15-26(27)37-29(34)23-8-5-9-24(30)17-23)18-31-32-28(33)22-11-13-25(14-12-22)36-19-20-6-3-2-4-7-20/h2-18H,19H2,1H3,(H,32,33). The average Bonchev–Trinajstić information content (AvgIpc) is 2.93. The van der Waals surface area contributed by atoms with Gasteiger partial charge in [-0.25, -0.2) is 10.2 Å². The number of carbonyl (C=O) groups is 2. The molecule has 0 fully saturated rings. The summed E-state index contributed by atoms with van der Waals surface area (Å²) in [5.41, 5.74) is 5.04. The van der Waals surface area contributed by atoms with Crippen LogP contribution in [-0.4, -0.2) is 25.2 Å². The lowest BCUT2D eigenvalue weighted by Crippen LogP contribution is -2.17. The molecule has 0 saturated heterocycles. The lowest BCUT2D eigenvalue weighted by Gasteiger charge is -2.10. The van der Waals surface area contributed by atoms with E-state index in [1.54, 1.807) is 60.7 Å². The molecule has 0 spiro atoms. The number of amides is 1. The van der Waals surface area contributed by atoms with Crippen molar-refractivity contribution in [2.75, 3.05) is 7.11 Å². The minimum Gasteiger partial charge on any atom is -0.493 e. The minimum atomic E-state index is -0.509. The van der Waals surface area contributed by atoms with Crippen molar-refractivity contribution >= 4 is 34.0 Å². The number of hydrogen-bond donors (Lipinski definition) is 1. The summed E-state index contributed by atoms with van der Waals surface area (Å²) in [7, 11) is 1.47. The third-order valence-electron chi connectivity index (χ3n) is 5.20. The molecule has 186 valence electrons. The number of benzene rings is 4. The third-order valence-corrected chi connectivity index (χ3v) is 5.69. The summed E-state index contributed by atoms with van der Waals surface area (Å²) in [5.74, 6) is 0.409. The Morgan fingerprint density at radius 2 is 1.65 bits per heavy atom. The van der Waals surface area contributed by atoms with E-state index in [9.17, 15) is 9.59 Å². The fourth-order valence-electron chi connectivity index (χ4n) is 3.30. The third kappa shape index (κ3) is 7.28. The van der Waals surface area contributed by atoms with E-state index in [2.05, 4.69) is 26.5 Å². The monoisotopic (exact) mass is 558 g/mol. The highest BCUT2D eigenvalue weighted by molar-refractivity contribution is 9.10. The van der Waals surface area contributed by atoms with Gasteiger partial charge in [0.1, 0.15) is 12.4 Å². The van der Waals surface area contributed by atoms with Gasteiger partial charge in [0.05, 0.1) is 18.9 Å². The molecular formula is C29H23BrN2O5. The maximum absolute atomic E-state index is 12.4. The zero-order chi connectivity index (χ0) is 26.0. The Morgan fingerprint density at radius 3 is 2.38 bits per heavy atom. The molecule has 0 aliphatic heterocycles. The SMILES string of the molecule is COc1cc(C=NNC(=O)c2ccc(OCc3ccccc3)cc2)ccc1OC(=O)c1cccc(Br)c1. The second-order valence-corrected chi connectivity index (χ2v) is 8.72. The van der Waals surface area contributed by atoms with E-state index in [1.807, 2.05) is 36.4 Å². The molecule has 0 saturated carbocycles. The molecule has 4 aromatic carbocycles.